The van der Waals surface area contributed by atoms with Crippen LogP contribution in [0.5, 0.6) is 0 Å². The van der Waals surface area contributed by atoms with Crippen molar-refractivity contribution in [1.82, 2.24) is 0 Å². The summed E-state index contributed by atoms with van der Waals surface area (Å²) in [5.74, 6) is -0.600. The molecule has 0 aromatic heterocycles. The quantitative estimate of drug-likeness (QED) is 0.340. The average molecular weight is 359 g/mol. The Kier molecular flexibility index (Phi) is 5.27. The molecule has 0 saturated carbocycles. The topological polar surface area (TPSA) is 171 Å². The van der Waals surface area contributed by atoms with Crippen molar-refractivity contribution in [2.24, 2.45) is 5.10 Å². The maximum atomic E-state index is 11.9. The molecule has 0 aliphatic rings. The van der Waals surface area contributed by atoms with Gasteiger partial charge in [0, 0.05) is 23.8 Å². The second kappa shape index (κ2) is 7.57. The second-order valence-electron chi connectivity index (χ2n) is 4.75. The predicted molar refractivity (Wildman–Crippen MR) is 89.3 cm³/mol. The van der Waals surface area contributed by atoms with Gasteiger partial charge in [-0.05, 0) is 18.2 Å². The van der Waals surface area contributed by atoms with Gasteiger partial charge in [0.15, 0.2) is 0 Å². The SMILES string of the molecule is O=C(C=NNc1ccc([N+](=O)[O-])cc1[N+](=O)[O-])c1ccc([N+](=O)[O-])cc1. The lowest BCUT2D eigenvalue weighted by Crippen LogP contribution is -2.04. The average Bonchev–Trinajstić information content (AvgIpc) is 2.61. The highest BCUT2D eigenvalue weighted by molar-refractivity contribution is 6.35. The molecule has 12 nitrogen and oxygen atoms in total. The third kappa shape index (κ3) is 4.19. The molecule has 0 fully saturated rings. The number of nitrogens with one attached hydrogen (secondary N) is 1. The number of benzene rings is 2. The first-order valence-corrected chi connectivity index (χ1v) is 6.80. The number of hydrogen-bond acceptors (Lipinski definition) is 9. The number of hydrogen-bond donors (Lipinski definition) is 1. The number of ketones is 1. The number of Topliss-reactive ketones (excluding diaryl/α,β-unsaturated/α-hetero) is 1. The van der Waals surface area contributed by atoms with Crippen LogP contribution in [0, 0.1) is 30.3 Å². The normalized spacial score (nSPS) is 10.5. The minimum absolute atomic E-state index is 0.124. The molecule has 0 saturated heterocycles. The molecule has 26 heavy (non-hydrogen) atoms. The van der Waals surface area contributed by atoms with Crippen LogP contribution in [0.1, 0.15) is 10.4 Å². The zero-order valence-electron chi connectivity index (χ0n) is 12.8. The molecule has 1 N–H and O–H groups in total. The van der Waals surface area contributed by atoms with Gasteiger partial charge in [-0.1, -0.05) is 0 Å². The highest BCUT2D eigenvalue weighted by atomic mass is 16.6. The Hall–Kier alpha value is -4.22. The molecule has 0 aliphatic heterocycles. The number of anilines is 1. The van der Waals surface area contributed by atoms with E-state index in [0.29, 0.717) is 0 Å². The summed E-state index contributed by atoms with van der Waals surface area (Å²) < 4.78 is 0. The van der Waals surface area contributed by atoms with Gasteiger partial charge in [0.05, 0.1) is 27.1 Å². The van der Waals surface area contributed by atoms with E-state index in [1.807, 2.05) is 0 Å². The second-order valence-corrected chi connectivity index (χ2v) is 4.75. The van der Waals surface area contributed by atoms with E-state index in [0.717, 1.165) is 36.5 Å². The lowest BCUT2D eigenvalue weighted by atomic mass is 10.1. The molecule has 0 aliphatic carbocycles. The standard InChI is InChI=1S/C14H9N5O7/c20-14(9-1-3-10(4-2-9)17(21)22)8-15-16-12-6-5-11(18(23)24)7-13(12)19(25)26/h1-8,16H. The van der Waals surface area contributed by atoms with E-state index in [2.05, 4.69) is 10.5 Å². The number of carbonyl (C=O) groups excluding carboxylic acids is 1. The van der Waals surface area contributed by atoms with Crippen LogP contribution in [-0.2, 0) is 0 Å². The zero-order chi connectivity index (χ0) is 19.3. The molecule has 2 aromatic carbocycles. The van der Waals surface area contributed by atoms with Gasteiger partial charge in [-0.2, -0.15) is 5.10 Å². The van der Waals surface area contributed by atoms with Gasteiger partial charge in [-0.3, -0.25) is 40.6 Å². The predicted octanol–water partition coefficient (Wildman–Crippen LogP) is 2.69. The van der Waals surface area contributed by atoms with Crippen molar-refractivity contribution in [2.45, 2.75) is 0 Å². The number of non-ortho nitro benzene ring substituents is 2. The van der Waals surface area contributed by atoms with Crippen LogP contribution in [0.15, 0.2) is 47.6 Å². The Labute approximate surface area is 144 Å². The molecule has 2 rings (SSSR count). The molecule has 0 radical (unpaired) electrons. The summed E-state index contributed by atoms with van der Waals surface area (Å²) in [6, 6.07) is 7.66. The number of hydrazone groups is 1. The maximum Gasteiger partial charge on any atom is 0.301 e. The van der Waals surface area contributed by atoms with Crippen LogP contribution >= 0.6 is 0 Å². The van der Waals surface area contributed by atoms with E-state index in [1.165, 1.54) is 12.1 Å². The Bertz CT molecular complexity index is 924. The zero-order valence-corrected chi connectivity index (χ0v) is 12.8. The van der Waals surface area contributed by atoms with Gasteiger partial charge in [0.2, 0.25) is 5.78 Å². The molecule has 0 heterocycles. The summed E-state index contributed by atoms with van der Waals surface area (Å²) in [6.07, 6.45) is 0.826. The van der Waals surface area contributed by atoms with Crippen molar-refractivity contribution in [3.05, 3.63) is 78.4 Å². The van der Waals surface area contributed by atoms with Gasteiger partial charge >= 0.3 is 5.69 Å². The Morgan fingerprint density at radius 2 is 1.46 bits per heavy atom. The smallest absolute Gasteiger partial charge is 0.287 e. The highest BCUT2D eigenvalue weighted by Gasteiger charge is 2.19. The van der Waals surface area contributed by atoms with Crippen LogP contribution in [-0.4, -0.2) is 26.8 Å². The van der Waals surface area contributed by atoms with Crippen molar-refractivity contribution in [3.63, 3.8) is 0 Å². The first-order valence-electron chi connectivity index (χ1n) is 6.80. The Balaban J connectivity index is 2.14. The van der Waals surface area contributed by atoms with E-state index in [4.69, 9.17) is 0 Å². The fourth-order valence-electron chi connectivity index (χ4n) is 1.86. The van der Waals surface area contributed by atoms with Crippen LogP contribution in [0.2, 0.25) is 0 Å². The maximum absolute atomic E-state index is 11.9. The van der Waals surface area contributed by atoms with Crippen LogP contribution < -0.4 is 5.43 Å². The van der Waals surface area contributed by atoms with E-state index in [-0.39, 0.29) is 16.9 Å². The fourth-order valence-corrected chi connectivity index (χ4v) is 1.86. The van der Waals surface area contributed by atoms with Crippen molar-refractivity contribution in [2.75, 3.05) is 5.43 Å². The van der Waals surface area contributed by atoms with Crippen LogP contribution in [0.4, 0.5) is 22.7 Å². The van der Waals surface area contributed by atoms with Crippen LogP contribution in [0.25, 0.3) is 0 Å². The monoisotopic (exact) mass is 359 g/mol. The fraction of sp³-hybridized carbons (Fsp3) is 0. The number of nitrogens with zero attached hydrogens (tertiary/aromatic N) is 4. The van der Waals surface area contributed by atoms with Crippen molar-refractivity contribution < 1.29 is 19.6 Å². The summed E-state index contributed by atoms with van der Waals surface area (Å²) in [5, 5.41) is 35.7. The van der Waals surface area contributed by atoms with E-state index in [1.54, 1.807) is 0 Å². The molecule has 12 heteroatoms. The lowest BCUT2D eigenvalue weighted by Gasteiger charge is -2.01. The largest absolute Gasteiger partial charge is 0.301 e. The van der Waals surface area contributed by atoms with Crippen molar-refractivity contribution >= 4 is 34.7 Å². The van der Waals surface area contributed by atoms with E-state index in [9.17, 15) is 35.1 Å². The summed E-state index contributed by atoms with van der Waals surface area (Å²) in [5.41, 5.74) is 1.02. The van der Waals surface area contributed by atoms with Crippen molar-refractivity contribution in [1.29, 1.82) is 0 Å². The van der Waals surface area contributed by atoms with E-state index < -0.39 is 31.9 Å². The third-order valence-corrected chi connectivity index (χ3v) is 3.12. The first-order chi connectivity index (χ1) is 12.3. The molecule has 0 amide bonds. The molecule has 2 aromatic rings. The molecule has 0 atom stereocenters. The minimum Gasteiger partial charge on any atom is -0.287 e. The minimum atomic E-state index is -0.830. The summed E-state index contributed by atoms with van der Waals surface area (Å²) in [4.78, 5) is 41.9. The summed E-state index contributed by atoms with van der Waals surface area (Å²) >= 11 is 0. The third-order valence-electron chi connectivity index (χ3n) is 3.12. The molecular weight excluding hydrogens is 350 g/mol. The number of rotatable bonds is 7. The Morgan fingerprint density at radius 1 is 0.885 bits per heavy atom. The lowest BCUT2D eigenvalue weighted by molar-refractivity contribution is -0.393. The van der Waals surface area contributed by atoms with Gasteiger partial charge in [-0.25, -0.2) is 0 Å². The van der Waals surface area contributed by atoms with Gasteiger partial charge < -0.3 is 0 Å². The molecular formula is C14H9N5O7. The van der Waals surface area contributed by atoms with Gasteiger partial charge in [-0.15, -0.1) is 0 Å². The molecule has 0 spiro atoms. The summed E-state index contributed by atoms with van der Waals surface area (Å²) in [7, 11) is 0. The number of carbonyl (C=O) groups is 1. The van der Waals surface area contributed by atoms with Gasteiger partial charge in [0.25, 0.3) is 11.4 Å². The van der Waals surface area contributed by atoms with Crippen molar-refractivity contribution in [3.8, 4) is 0 Å². The van der Waals surface area contributed by atoms with E-state index >= 15 is 0 Å². The number of nitro benzene ring substituents is 3. The molecule has 0 bridgehead atoms. The molecule has 0 unspecified atom stereocenters. The van der Waals surface area contributed by atoms with Gasteiger partial charge in [0.1, 0.15) is 5.69 Å². The first kappa shape index (κ1) is 18.1. The summed E-state index contributed by atoms with van der Waals surface area (Å²) in [6.45, 7) is 0. The molecule has 132 valence electrons. The van der Waals surface area contributed by atoms with Crippen LogP contribution in [0.3, 0.4) is 0 Å². The number of nitro groups is 3. The highest BCUT2D eigenvalue weighted by Crippen LogP contribution is 2.28. The Morgan fingerprint density at radius 3 is 2.00 bits per heavy atom.